The van der Waals surface area contributed by atoms with Crippen LogP contribution in [-0.2, 0) is 14.4 Å². The highest BCUT2D eigenvalue weighted by Gasteiger charge is 2.47. The van der Waals surface area contributed by atoms with Crippen LogP contribution in [0.2, 0.25) is 0 Å². The summed E-state index contributed by atoms with van der Waals surface area (Å²) in [5, 5.41) is 20.3. The normalized spacial score (nSPS) is 12.9. The van der Waals surface area contributed by atoms with E-state index in [2.05, 4.69) is 5.32 Å². The average molecular weight is 231 g/mol. The first kappa shape index (κ1) is 14.4. The molecule has 0 spiro atoms. The Morgan fingerprint density at radius 3 is 1.81 bits per heavy atom. The lowest BCUT2D eigenvalue weighted by Crippen LogP contribution is -2.55. The van der Waals surface area contributed by atoms with Crippen LogP contribution in [0.5, 0.6) is 0 Å². The van der Waals surface area contributed by atoms with E-state index >= 15 is 0 Å². The Bertz CT molecular complexity index is 296. The van der Waals surface area contributed by atoms with Crippen molar-refractivity contribution >= 4 is 17.8 Å². The quantitative estimate of drug-likeness (QED) is 0.616. The van der Waals surface area contributed by atoms with Crippen molar-refractivity contribution < 1.29 is 24.6 Å². The number of rotatable bonds is 6. The Labute approximate surface area is 93.6 Å². The van der Waals surface area contributed by atoms with Gasteiger partial charge in [0.15, 0.2) is 0 Å². The second kappa shape index (κ2) is 5.48. The number of hydrogen-bond donors (Lipinski definition) is 3. The third-order valence-electron chi connectivity index (χ3n) is 2.83. The van der Waals surface area contributed by atoms with E-state index in [9.17, 15) is 14.4 Å². The maximum Gasteiger partial charge on any atom is 0.327 e. The number of amides is 1. The number of carboxylic acid groups (broad SMARTS) is 2. The molecule has 0 aliphatic carbocycles. The maximum atomic E-state index is 11.2. The lowest BCUT2D eigenvalue weighted by Gasteiger charge is -2.33. The minimum Gasteiger partial charge on any atom is -0.481 e. The smallest absolute Gasteiger partial charge is 0.327 e. The fourth-order valence-corrected chi connectivity index (χ4v) is 1.72. The molecule has 1 atom stereocenters. The van der Waals surface area contributed by atoms with Crippen LogP contribution < -0.4 is 5.32 Å². The Balaban J connectivity index is 5.33. The zero-order valence-corrected chi connectivity index (χ0v) is 9.61. The summed E-state index contributed by atoms with van der Waals surface area (Å²) in [5.41, 5.74) is -1.46. The highest BCUT2D eigenvalue weighted by atomic mass is 16.4. The summed E-state index contributed by atoms with van der Waals surface area (Å²) < 4.78 is 0. The van der Waals surface area contributed by atoms with Crippen LogP contribution in [0.3, 0.4) is 0 Å². The first-order valence-electron chi connectivity index (χ1n) is 5.05. The Morgan fingerprint density at radius 1 is 1.19 bits per heavy atom. The Morgan fingerprint density at radius 2 is 1.62 bits per heavy atom. The zero-order chi connectivity index (χ0) is 12.9. The SMILES string of the molecule is CCC(CC)(C(=O)O)[C@H](NC(C)=O)C(=O)O. The van der Waals surface area contributed by atoms with Crippen LogP contribution in [0.25, 0.3) is 0 Å². The molecule has 3 N–H and O–H groups in total. The molecule has 92 valence electrons. The molecule has 16 heavy (non-hydrogen) atoms. The number of carbonyl (C=O) groups excluding carboxylic acids is 1. The highest BCUT2D eigenvalue weighted by molar-refractivity contribution is 5.89. The van der Waals surface area contributed by atoms with Crippen molar-refractivity contribution in [2.75, 3.05) is 0 Å². The highest BCUT2D eigenvalue weighted by Crippen LogP contribution is 2.31. The summed E-state index contributed by atoms with van der Waals surface area (Å²) in [6.45, 7) is 4.35. The molecule has 6 nitrogen and oxygen atoms in total. The van der Waals surface area contributed by atoms with E-state index in [1.165, 1.54) is 0 Å². The third kappa shape index (κ3) is 2.71. The molecule has 0 rings (SSSR count). The molecular weight excluding hydrogens is 214 g/mol. The zero-order valence-electron chi connectivity index (χ0n) is 9.61. The number of carbonyl (C=O) groups is 3. The van der Waals surface area contributed by atoms with E-state index in [1.54, 1.807) is 13.8 Å². The fourth-order valence-electron chi connectivity index (χ4n) is 1.72. The molecule has 0 aromatic rings. The van der Waals surface area contributed by atoms with Crippen molar-refractivity contribution in [3.05, 3.63) is 0 Å². The second-order valence-corrected chi connectivity index (χ2v) is 3.64. The largest absolute Gasteiger partial charge is 0.481 e. The predicted molar refractivity (Wildman–Crippen MR) is 55.9 cm³/mol. The van der Waals surface area contributed by atoms with Gasteiger partial charge in [-0.1, -0.05) is 13.8 Å². The molecule has 0 radical (unpaired) electrons. The van der Waals surface area contributed by atoms with E-state index in [0.29, 0.717) is 0 Å². The van der Waals surface area contributed by atoms with E-state index < -0.39 is 29.3 Å². The van der Waals surface area contributed by atoms with Crippen LogP contribution in [0.4, 0.5) is 0 Å². The Kier molecular flexibility index (Phi) is 4.94. The molecule has 0 bridgehead atoms. The second-order valence-electron chi connectivity index (χ2n) is 3.64. The Hall–Kier alpha value is -1.59. The molecule has 0 aliphatic heterocycles. The van der Waals surface area contributed by atoms with Crippen LogP contribution in [-0.4, -0.2) is 34.1 Å². The van der Waals surface area contributed by atoms with Crippen molar-refractivity contribution in [3.8, 4) is 0 Å². The molecule has 0 aromatic carbocycles. The molecule has 0 heterocycles. The van der Waals surface area contributed by atoms with Gasteiger partial charge in [-0.15, -0.1) is 0 Å². The van der Waals surface area contributed by atoms with E-state index in [1.807, 2.05) is 0 Å². The van der Waals surface area contributed by atoms with Gasteiger partial charge in [0.2, 0.25) is 5.91 Å². The molecule has 0 aromatic heterocycles. The van der Waals surface area contributed by atoms with Gasteiger partial charge in [0, 0.05) is 6.92 Å². The maximum absolute atomic E-state index is 11.2. The molecule has 0 saturated heterocycles. The van der Waals surface area contributed by atoms with Gasteiger partial charge < -0.3 is 15.5 Å². The summed E-state index contributed by atoms with van der Waals surface area (Å²) >= 11 is 0. The third-order valence-corrected chi connectivity index (χ3v) is 2.83. The summed E-state index contributed by atoms with van der Waals surface area (Å²) in [6.07, 6.45) is 0.270. The first-order valence-corrected chi connectivity index (χ1v) is 5.05. The van der Waals surface area contributed by atoms with Gasteiger partial charge in [0.05, 0.1) is 5.41 Å². The van der Waals surface area contributed by atoms with E-state index in [0.717, 1.165) is 6.92 Å². The standard InChI is InChI=1S/C10H17NO5/c1-4-10(5-2,9(15)16)7(8(13)14)11-6(3)12/h7H,4-5H2,1-3H3,(H,11,12)(H,13,14)(H,15,16)/t7-/m1/s1. The number of nitrogens with one attached hydrogen (secondary N) is 1. The molecule has 0 unspecified atom stereocenters. The van der Waals surface area contributed by atoms with Crippen molar-refractivity contribution in [2.24, 2.45) is 5.41 Å². The number of hydrogen-bond acceptors (Lipinski definition) is 3. The van der Waals surface area contributed by atoms with Gasteiger partial charge in [0.1, 0.15) is 6.04 Å². The van der Waals surface area contributed by atoms with Gasteiger partial charge in [-0.3, -0.25) is 9.59 Å². The average Bonchev–Trinajstić information content (AvgIpc) is 2.17. The van der Waals surface area contributed by atoms with Gasteiger partial charge in [-0.2, -0.15) is 0 Å². The molecule has 1 amide bonds. The number of aliphatic carboxylic acids is 2. The predicted octanol–water partition coefficient (Wildman–Crippen LogP) is 0.467. The van der Waals surface area contributed by atoms with Crippen molar-refractivity contribution in [1.29, 1.82) is 0 Å². The lowest BCUT2D eigenvalue weighted by molar-refractivity contribution is -0.160. The van der Waals surface area contributed by atoms with Crippen molar-refractivity contribution in [3.63, 3.8) is 0 Å². The van der Waals surface area contributed by atoms with Crippen LogP contribution in [0.1, 0.15) is 33.6 Å². The minimum absolute atomic E-state index is 0.135. The van der Waals surface area contributed by atoms with Gasteiger partial charge in [-0.05, 0) is 12.8 Å². The van der Waals surface area contributed by atoms with Gasteiger partial charge in [-0.25, -0.2) is 4.79 Å². The molecule has 6 heteroatoms. The van der Waals surface area contributed by atoms with Crippen molar-refractivity contribution in [1.82, 2.24) is 5.32 Å². The number of carboxylic acids is 2. The molecular formula is C10H17NO5. The lowest BCUT2D eigenvalue weighted by atomic mass is 9.75. The molecule has 0 aliphatic rings. The van der Waals surface area contributed by atoms with E-state index in [-0.39, 0.29) is 12.8 Å². The van der Waals surface area contributed by atoms with Crippen LogP contribution in [0.15, 0.2) is 0 Å². The minimum atomic E-state index is -1.46. The van der Waals surface area contributed by atoms with Crippen molar-refractivity contribution in [2.45, 2.75) is 39.7 Å². The summed E-state index contributed by atoms with van der Waals surface area (Å²) in [6, 6.07) is -1.41. The summed E-state index contributed by atoms with van der Waals surface area (Å²) in [5.74, 6) is -3.10. The van der Waals surface area contributed by atoms with E-state index in [4.69, 9.17) is 10.2 Å². The van der Waals surface area contributed by atoms with Crippen LogP contribution >= 0.6 is 0 Å². The first-order chi connectivity index (χ1) is 7.31. The van der Waals surface area contributed by atoms with Crippen LogP contribution in [0, 0.1) is 5.41 Å². The topological polar surface area (TPSA) is 104 Å². The van der Waals surface area contributed by atoms with Gasteiger partial charge in [0.25, 0.3) is 0 Å². The molecule has 0 saturated carbocycles. The summed E-state index contributed by atoms with van der Waals surface area (Å²) in [4.78, 5) is 33.1. The summed E-state index contributed by atoms with van der Waals surface area (Å²) in [7, 11) is 0. The van der Waals surface area contributed by atoms with Gasteiger partial charge >= 0.3 is 11.9 Å². The monoisotopic (exact) mass is 231 g/mol. The fraction of sp³-hybridized carbons (Fsp3) is 0.700. The molecule has 0 fully saturated rings.